The number of aromatic nitrogens is 1. The molecule has 2 aromatic rings. The first-order valence-corrected chi connectivity index (χ1v) is 8.01. The zero-order valence-corrected chi connectivity index (χ0v) is 15.2. The Morgan fingerprint density at radius 3 is 2.03 bits per heavy atom. The summed E-state index contributed by atoms with van der Waals surface area (Å²) in [6.45, 7) is 2.90. The highest BCUT2D eigenvalue weighted by Crippen LogP contribution is 2.30. The molecule has 6 nitrogen and oxygen atoms in total. The summed E-state index contributed by atoms with van der Waals surface area (Å²) < 4.78 is 72.1. The van der Waals surface area contributed by atoms with Crippen molar-refractivity contribution in [2.24, 2.45) is 0 Å². The van der Waals surface area contributed by atoms with Gasteiger partial charge in [0, 0.05) is 6.04 Å². The van der Waals surface area contributed by atoms with E-state index in [1.54, 1.807) is 6.07 Å². The van der Waals surface area contributed by atoms with E-state index in [0.29, 0.717) is 0 Å². The number of halogens is 5. The van der Waals surface area contributed by atoms with Gasteiger partial charge in [0.05, 0.1) is 5.56 Å². The van der Waals surface area contributed by atoms with Crippen LogP contribution in [0.1, 0.15) is 41.4 Å². The molecule has 1 heterocycles. The molecule has 0 aliphatic carbocycles. The van der Waals surface area contributed by atoms with E-state index in [-0.39, 0.29) is 5.56 Å². The Kier molecular flexibility index (Phi) is 5.96. The first-order valence-electron chi connectivity index (χ1n) is 8.01. The van der Waals surface area contributed by atoms with Crippen LogP contribution in [0, 0.1) is 47.3 Å². The first-order chi connectivity index (χ1) is 13.4. The molecule has 0 amide bonds. The fourth-order valence-corrected chi connectivity index (χ4v) is 2.66. The third-order valence-corrected chi connectivity index (χ3v) is 4.06. The molecule has 29 heavy (non-hydrogen) atoms. The molecule has 0 unspecified atom stereocenters. The number of ketones is 1. The van der Waals surface area contributed by atoms with E-state index < -0.39 is 75.8 Å². The quantitative estimate of drug-likeness (QED) is 0.350. The number of Topliss-reactive ketones (excluding diaryl/α,β-unsaturated/α-hetero) is 1. The van der Waals surface area contributed by atoms with Crippen LogP contribution in [0.3, 0.4) is 0 Å². The van der Waals surface area contributed by atoms with E-state index in [2.05, 4.69) is 4.74 Å². The van der Waals surface area contributed by atoms with E-state index in [1.165, 1.54) is 20.8 Å². The predicted molar refractivity (Wildman–Crippen MR) is 88.3 cm³/mol. The Morgan fingerprint density at radius 2 is 1.59 bits per heavy atom. The molecular weight excluding hydrogens is 403 g/mol. The average molecular weight is 416 g/mol. The summed E-state index contributed by atoms with van der Waals surface area (Å²) in [5.74, 6) is -15.1. The van der Waals surface area contributed by atoms with Gasteiger partial charge in [-0.2, -0.15) is 14.0 Å². The number of carbonyl (C=O) groups is 1. The highest BCUT2D eigenvalue weighted by Gasteiger charge is 2.29. The number of ether oxygens (including phenoxy) is 1. The molecule has 0 saturated carbocycles. The molecule has 0 bridgehead atoms. The van der Waals surface area contributed by atoms with Crippen LogP contribution in [0.2, 0.25) is 0 Å². The normalized spacial score (nSPS) is 10.9. The SMILES string of the molecule is Cc1c(C(=O)COc2c(F)c(F)c(F)c(F)c2F)c(O)n(C(C)C)c(=O)c1C#N. The van der Waals surface area contributed by atoms with Crippen molar-refractivity contribution in [1.82, 2.24) is 4.57 Å². The number of nitrogens with zero attached hydrogens (tertiary/aromatic N) is 2. The van der Waals surface area contributed by atoms with Gasteiger partial charge in [0.25, 0.3) is 5.56 Å². The maximum Gasteiger partial charge on any atom is 0.271 e. The second kappa shape index (κ2) is 7.90. The minimum atomic E-state index is -2.39. The van der Waals surface area contributed by atoms with Crippen molar-refractivity contribution in [2.45, 2.75) is 26.8 Å². The summed E-state index contributed by atoms with van der Waals surface area (Å²) >= 11 is 0. The largest absolute Gasteiger partial charge is 0.494 e. The molecule has 2 rings (SSSR count). The van der Waals surface area contributed by atoms with Crippen molar-refractivity contribution in [1.29, 1.82) is 5.26 Å². The van der Waals surface area contributed by atoms with E-state index in [9.17, 15) is 36.6 Å². The molecule has 1 aromatic heterocycles. The molecule has 0 fully saturated rings. The van der Waals surface area contributed by atoms with Crippen LogP contribution >= 0.6 is 0 Å². The molecule has 0 atom stereocenters. The van der Waals surface area contributed by atoms with E-state index in [1.807, 2.05) is 0 Å². The summed E-state index contributed by atoms with van der Waals surface area (Å²) in [7, 11) is 0. The van der Waals surface area contributed by atoms with Crippen LogP contribution in [-0.2, 0) is 0 Å². The first kappa shape index (κ1) is 21.9. The second-order valence-corrected chi connectivity index (χ2v) is 6.19. The number of carbonyl (C=O) groups excluding carboxylic acids is 1. The number of rotatable bonds is 5. The molecule has 0 saturated heterocycles. The minimum Gasteiger partial charge on any atom is -0.494 e. The van der Waals surface area contributed by atoms with Gasteiger partial charge in [-0.25, -0.2) is 13.2 Å². The van der Waals surface area contributed by atoms with Gasteiger partial charge < -0.3 is 9.84 Å². The van der Waals surface area contributed by atoms with E-state index in [4.69, 9.17) is 5.26 Å². The molecule has 0 radical (unpaired) electrons. The van der Waals surface area contributed by atoms with Gasteiger partial charge in [0.15, 0.2) is 12.4 Å². The molecule has 1 N–H and O–H groups in total. The van der Waals surface area contributed by atoms with Crippen LogP contribution in [-0.4, -0.2) is 22.1 Å². The summed E-state index contributed by atoms with van der Waals surface area (Å²) in [6, 6.07) is 0.927. The zero-order chi connectivity index (χ0) is 22.2. The fraction of sp³-hybridized carbons (Fsp3) is 0.278. The molecule has 0 aliphatic heterocycles. The summed E-state index contributed by atoms with van der Waals surface area (Å²) in [6.07, 6.45) is 0. The van der Waals surface area contributed by atoms with Gasteiger partial charge >= 0.3 is 0 Å². The van der Waals surface area contributed by atoms with Crippen molar-refractivity contribution in [3.63, 3.8) is 0 Å². The van der Waals surface area contributed by atoms with Gasteiger partial charge in [-0.15, -0.1) is 0 Å². The lowest BCUT2D eigenvalue weighted by Crippen LogP contribution is -2.29. The summed E-state index contributed by atoms with van der Waals surface area (Å²) in [5, 5.41) is 19.5. The fourth-order valence-electron chi connectivity index (χ4n) is 2.66. The van der Waals surface area contributed by atoms with Crippen molar-refractivity contribution in [3.8, 4) is 17.7 Å². The highest BCUT2D eigenvalue weighted by atomic mass is 19.2. The van der Waals surface area contributed by atoms with Gasteiger partial charge in [-0.05, 0) is 26.3 Å². The maximum atomic E-state index is 13.7. The van der Waals surface area contributed by atoms with E-state index >= 15 is 0 Å². The number of hydrogen-bond acceptors (Lipinski definition) is 5. The Balaban J connectivity index is 2.53. The number of aromatic hydroxyl groups is 1. The van der Waals surface area contributed by atoms with Crippen molar-refractivity contribution in [3.05, 3.63) is 56.1 Å². The Hall–Kier alpha value is -3.42. The molecule has 154 valence electrons. The zero-order valence-electron chi connectivity index (χ0n) is 15.2. The molecule has 1 aromatic carbocycles. The number of hydrogen-bond donors (Lipinski definition) is 1. The molecule has 0 aliphatic rings. The smallest absolute Gasteiger partial charge is 0.271 e. The summed E-state index contributed by atoms with van der Waals surface area (Å²) in [5.41, 5.74) is -2.11. The van der Waals surface area contributed by atoms with Gasteiger partial charge in [0.2, 0.25) is 40.7 Å². The average Bonchev–Trinajstić information content (AvgIpc) is 2.64. The Bertz CT molecular complexity index is 1090. The van der Waals surface area contributed by atoms with Crippen molar-refractivity contribution in [2.75, 3.05) is 6.61 Å². The van der Waals surface area contributed by atoms with Crippen molar-refractivity contribution < 1.29 is 36.6 Å². The highest BCUT2D eigenvalue weighted by molar-refractivity contribution is 6.01. The summed E-state index contributed by atoms with van der Waals surface area (Å²) in [4.78, 5) is 24.7. The van der Waals surface area contributed by atoms with Crippen LogP contribution in [0.4, 0.5) is 22.0 Å². The van der Waals surface area contributed by atoms with Crippen molar-refractivity contribution >= 4 is 5.78 Å². The molecular formula is C18H13F5N2O4. The Morgan fingerprint density at radius 1 is 1.10 bits per heavy atom. The molecule has 0 spiro atoms. The van der Waals surface area contributed by atoms with Crippen LogP contribution in [0.25, 0.3) is 0 Å². The second-order valence-electron chi connectivity index (χ2n) is 6.19. The lowest BCUT2D eigenvalue weighted by Gasteiger charge is -2.18. The number of pyridine rings is 1. The topological polar surface area (TPSA) is 92.3 Å². The number of nitriles is 1. The lowest BCUT2D eigenvalue weighted by molar-refractivity contribution is 0.0907. The minimum absolute atomic E-state index is 0.224. The monoisotopic (exact) mass is 416 g/mol. The Labute approximate surface area is 160 Å². The van der Waals surface area contributed by atoms with Gasteiger partial charge in [-0.3, -0.25) is 14.2 Å². The number of benzene rings is 1. The predicted octanol–water partition coefficient (Wildman–Crippen LogP) is 3.27. The van der Waals surface area contributed by atoms with Crippen LogP contribution < -0.4 is 10.3 Å². The van der Waals surface area contributed by atoms with Crippen LogP contribution in [0.15, 0.2) is 4.79 Å². The third kappa shape index (κ3) is 3.53. The standard InChI is InChI=1S/C18H13F5N2O4/c1-6(2)25-17(27)8(4-24)7(3)10(18(25)28)9(26)5-29-16-14(22)12(20)11(19)13(21)15(16)23/h6,28H,5H2,1-3H3. The van der Waals surface area contributed by atoms with Gasteiger partial charge in [-0.1, -0.05) is 0 Å². The maximum absolute atomic E-state index is 13.7. The van der Waals surface area contributed by atoms with Crippen LogP contribution in [0.5, 0.6) is 11.6 Å². The third-order valence-electron chi connectivity index (χ3n) is 4.06. The van der Waals surface area contributed by atoms with Gasteiger partial charge in [0.1, 0.15) is 11.6 Å². The molecule has 11 heteroatoms. The van der Waals surface area contributed by atoms with E-state index in [0.717, 1.165) is 4.57 Å². The lowest BCUT2D eigenvalue weighted by atomic mass is 10.0.